The van der Waals surface area contributed by atoms with Crippen LogP contribution in [0.5, 0.6) is 5.75 Å². The largest absolute Gasteiger partial charge is 0.495 e. The number of nitrogens with zero attached hydrogens (tertiary/aromatic N) is 1. The SMILES string of the molecule is COc1cc(Br)cc(C)c1NC1CCCN(C(C)C)CC1. The average Bonchev–Trinajstić information content (AvgIpc) is 2.67. The highest BCUT2D eigenvalue weighted by atomic mass is 79.9. The highest BCUT2D eigenvalue weighted by Gasteiger charge is 2.20. The number of anilines is 1. The van der Waals surface area contributed by atoms with Gasteiger partial charge in [0.05, 0.1) is 12.8 Å². The first kappa shape index (κ1) is 16.6. The van der Waals surface area contributed by atoms with Crippen molar-refractivity contribution in [1.82, 2.24) is 4.90 Å². The number of hydrogen-bond acceptors (Lipinski definition) is 3. The first-order valence-corrected chi connectivity index (χ1v) is 8.65. The summed E-state index contributed by atoms with van der Waals surface area (Å²) in [5.41, 5.74) is 2.37. The lowest BCUT2D eigenvalue weighted by molar-refractivity contribution is 0.230. The Hall–Kier alpha value is -0.740. The van der Waals surface area contributed by atoms with Crippen LogP contribution in [0.25, 0.3) is 0 Å². The van der Waals surface area contributed by atoms with Gasteiger partial charge in [0.1, 0.15) is 5.75 Å². The average molecular weight is 355 g/mol. The Kier molecular flexibility index (Phi) is 5.94. The predicted molar refractivity (Wildman–Crippen MR) is 93.4 cm³/mol. The summed E-state index contributed by atoms with van der Waals surface area (Å²) in [5.74, 6) is 0.923. The Labute approximate surface area is 137 Å². The van der Waals surface area contributed by atoms with E-state index in [9.17, 15) is 0 Å². The lowest BCUT2D eigenvalue weighted by Gasteiger charge is -2.25. The van der Waals surface area contributed by atoms with E-state index in [1.54, 1.807) is 7.11 Å². The predicted octanol–water partition coefficient (Wildman–Crippen LogP) is 4.44. The van der Waals surface area contributed by atoms with Gasteiger partial charge in [0.2, 0.25) is 0 Å². The number of hydrogen-bond donors (Lipinski definition) is 1. The van der Waals surface area contributed by atoms with Gasteiger partial charge >= 0.3 is 0 Å². The molecule has 1 fully saturated rings. The van der Waals surface area contributed by atoms with Gasteiger partial charge < -0.3 is 15.0 Å². The fraction of sp³-hybridized carbons (Fsp3) is 0.647. The topological polar surface area (TPSA) is 24.5 Å². The number of benzene rings is 1. The Morgan fingerprint density at radius 3 is 2.71 bits per heavy atom. The molecule has 3 nitrogen and oxygen atoms in total. The molecule has 0 aliphatic carbocycles. The number of rotatable bonds is 4. The molecule has 0 radical (unpaired) electrons. The van der Waals surface area contributed by atoms with Crippen molar-refractivity contribution in [3.05, 3.63) is 22.2 Å². The minimum atomic E-state index is 0.530. The van der Waals surface area contributed by atoms with Crippen LogP contribution in [-0.4, -0.2) is 37.2 Å². The van der Waals surface area contributed by atoms with Crippen LogP contribution in [0.15, 0.2) is 16.6 Å². The lowest BCUT2D eigenvalue weighted by Crippen LogP contribution is -2.32. The summed E-state index contributed by atoms with van der Waals surface area (Å²) in [7, 11) is 1.74. The van der Waals surface area contributed by atoms with Crippen LogP contribution in [0, 0.1) is 6.92 Å². The number of methoxy groups -OCH3 is 1. The first-order valence-electron chi connectivity index (χ1n) is 7.86. The van der Waals surface area contributed by atoms with Crippen LogP contribution in [0.3, 0.4) is 0 Å². The highest BCUT2D eigenvalue weighted by molar-refractivity contribution is 9.10. The summed E-state index contributed by atoms with van der Waals surface area (Å²) in [6.45, 7) is 9.09. The molecule has 1 aromatic carbocycles. The van der Waals surface area contributed by atoms with Crippen molar-refractivity contribution in [2.75, 3.05) is 25.5 Å². The van der Waals surface area contributed by atoms with E-state index in [0.29, 0.717) is 12.1 Å². The molecule has 1 aliphatic rings. The quantitative estimate of drug-likeness (QED) is 0.864. The first-order chi connectivity index (χ1) is 10.0. The molecule has 1 saturated heterocycles. The minimum absolute atomic E-state index is 0.530. The van der Waals surface area contributed by atoms with Crippen LogP contribution < -0.4 is 10.1 Å². The molecule has 0 spiro atoms. The third kappa shape index (κ3) is 4.36. The monoisotopic (exact) mass is 354 g/mol. The molecule has 1 aliphatic heterocycles. The smallest absolute Gasteiger partial charge is 0.143 e. The van der Waals surface area contributed by atoms with E-state index >= 15 is 0 Å². The van der Waals surface area contributed by atoms with Gasteiger partial charge in [0, 0.05) is 23.1 Å². The van der Waals surface area contributed by atoms with Gasteiger partial charge in [-0.1, -0.05) is 15.9 Å². The maximum Gasteiger partial charge on any atom is 0.143 e. The van der Waals surface area contributed by atoms with Crippen molar-refractivity contribution in [3.63, 3.8) is 0 Å². The van der Waals surface area contributed by atoms with E-state index in [0.717, 1.165) is 15.9 Å². The molecule has 0 bridgehead atoms. The molecule has 1 heterocycles. The summed E-state index contributed by atoms with van der Waals surface area (Å²) in [6, 6.07) is 5.35. The molecule has 21 heavy (non-hydrogen) atoms. The normalized spacial score (nSPS) is 20.4. The van der Waals surface area contributed by atoms with Crippen LogP contribution >= 0.6 is 15.9 Å². The molecule has 0 aromatic heterocycles. The zero-order valence-electron chi connectivity index (χ0n) is 13.6. The second-order valence-corrected chi connectivity index (χ2v) is 7.12. The number of halogens is 1. The second-order valence-electron chi connectivity index (χ2n) is 6.20. The molecular weight excluding hydrogens is 328 g/mol. The van der Waals surface area contributed by atoms with Crippen molar-refractivity contribution in [2.45, 2.75) is 52.1 Å². The Bertz CT molecular complexity index is 476. The Morgan fingerprint density at radius 2 is 2.05 bits per heavy atom. The van der Waals surface area contributed by atoms with Gasteiger partial charge in [-0.15, -0.1) is 0 Å². The molecule has 0 saturated carbocycles. The summed E-state index contributed by atoms with van der Waals surface area (Å²) >= 11 is 3.53. The fourth-order valence-electron chi connectivity index (χ4n) is 3.04. The van der Waals surface area contributed by atoms with E-state index in [-0.39, 0.29) is 0 Å². The molecule has 0 amide bonds. The van der Waals surface area contributed by atoms with Gasteiger partial charge in [0.15, 0.2) is 0 Å². The van der Waals surface area contributed by atoms with E-state index in [1.807, 2.05) is 6.07 Å². The standard InChI is InChI=1S/C17H27BrN2O/c1-12(2)20-8-5-6-15(7-9-20)19-17-13(3)10-14(18)11-16(17)21-4/h10-12,15,19H,5-9H2,1-4H3. The lowest BCUT2D eigenvalue weighted by atomic mass is 10.1. The summed E-state index contributed by atoms with van der Waals surface area (Å²) in [5, 5.41) is 3.72. The molecule has 1 unspecified atom stereocenters. The fourth-order valence-corrected chi connectivity index (χ4v) is 3.59. The molecule has 1 aromatic rings. The van der Waals surface area contributed by atoms with Crippen molar-refractivity contribution in [3.8, 4) is 5.75 Å². The van der Waals surface area contributed by atoms with Gasteiger partial charge in [0.25, 0.3) is 0 Å². The van der Waals surface area contributed by atoms with Crippen molar-refractivity contribution in [2.24, 2.45) is 0 Å². The van der Waals surface area contributed by atoms with Gasteiger partial charge in [-0.2, -0.15) is 0 Å². The number of likely N-dealkylation sites (tertiary alicyclic amines) is 1. The summed E-state index contributed by atoms with van der Waals surface area (Å²) in [4.78, 5) is 2.58. The molecule has 1 atom stereocenters. The third-order valence-electron chi connectivity index (χ3n) is 4.33. The molecule has 2 rings (SSSR count). The summed E-state index contributed by atoms with van der Waals surface area (Å²) in [6.07, 6.45) is 3.67. The zero-order valence-corrected chi connectivity index (χ0v) is 15.2. The second kappa shape index (κ2) is 7.50. The number of nitrogens with one attached hydrogen (secondary N) is 1. The van der Waals surface area contributed by atoms with Crippen LogP contribution in [0.1, 0.15) is 38.7 Å². The Balaban J connectivity index is 2.08. The van der Waals surface area contributed by atoms with E-state index in [2.05, 4.69) is 53.0 Å². The number of ether oxygens (including phenoxy) is 1. The molecular formula is C17H27BrN2O. The Morgan fingerprint density at radius 1 is 1.29 bits per heavy atom. The maximum atomic E-state index is 5.54. The minimum Gasteiger partial charge on any atom is -0.495 e. The zero-order chi connectivity index (χ0) is 15.4. The van der Waals surface area contributed by atoms with E-state index in [4.69, 9.17) is 4.74 Å². The van der Waals surface area contributed by atoms with Gasteiger partial charge in [-0.3, -0.25) is 0 Å². The molecule has 1 N–H and O–H groups in total. The summed E-state index contributed by atoms with van der Waals surface area (Å²) < 4.78 is 6.60. The number of aryl methyl sites for hydroxylation is 1. The van der Waals surface area contributed by atoms with E-state index in [1.165, 1.54) is 37.9 Å². The van der Waals surface area contributed by atoms with Crippen molar-refractivity contribution in [1.29, 1.82) is 0 Å². The molecule has 118 valence electrons. The highest BCUT2D eigenvalue weighted by Crippen LogP contribution is 2.33. The van der Waals surface area contributed by atoms with Gasteiger partial charge in [-0.25, -0.2) is 0 Å². The van der Waals surface area contributed by atoms with E-state index < -0.39 is 0 Å². The van der Waals surface area contributed by atoms with Crippen molar-refractivity contribution < 1.29 is 4.74 Å². The van der Waals surface area contributed by atoms with Gasteiger partial charge in [-0.05, 0) is 64.3 Å². The maximum absolute atomic E-state index is 5.54. The third-order valence-corrected chi connectivity index (χ3v) is 4.78. The van der Waals surface area contributed by atoms with Crippen LogP contribution in [0.4, 0.5) is 5.69 Å². The van der Waals surface area contributed by atoms with Crippen LogP contribution in [0.2, 0.25) is 0 Å². The van der Waals surface area contributed by atoms with Crippen molar-refractivity contribution >= 4 is 21.6 Å². The molecule has 4 heteroatoms. The van der Waals surface area contributed by atoms with Crippen LogP contribution in [-0.2, 0) is 0 Å².